The molecule has 0 bridgehead atoms. The number of ether oxygens (including phenoxy) is 1. The van der Waals surface area contributed by atoms with Gasteiger partial charge in [-0.2, -0.15) is 0 Å². The standard InChI is InChI=1S/C12H17ClN2O2/c1-8-7-15(4-3-11(8)16)10-5-12(17-2)14-6-9(10)13/h5-6,8,11,16H,3-4,7H2,1-2H3/t8-,11-/m1/s1. The van der Waals surface area contributed by atoms with Crippen LogP contribution in [0.3, 0.4) is 0 Å². The minimum atomic E-state index is -0.214. The van der Waals surface area contributed by atoms with E-state index < -0.39 is 0 Å². The molecule has 4 nitrogen and oxygen atoms in total. The van der Waals surface area contributed by atoms with Gasteiger partial charge in [0.1, 0.15) is 0 Å². The fraction of sp³-hybridized carbons (Fsp3) is 0.583. The van der Waals surface area contributed by atoms with Gasteiger partial charge < -0.3 is 14.7 Å². The number of rotatable bonds is 2. The maximum Gasteiger partial charge on any atom is 0.215 e. The zero-order valence-corrected chi connectivity index (χ0v) is 10.8. The van der Waals surface area contributed by atoms with Crippen molar-refractivity contribution in [2.45, 2.75) is 19.4 Å². The molecule has 0 radical (unpaired) electrons. The molecule has 1 saturated heterocycles. The first-order valence-electron chi connectivity index (χ1n) is 5.74. The Morgan fingerprint density at radius 1 is 1.59 bits per heavy atom. The van der Waals surface area contributed by atoms with Gasteiger partial charge in [0.2, 0.25) is 5.88 Å². The zero-order valence-electron chi connectivity index (χ0n) is 10.1. The van der Waals surface area contributed by atoms with E-state index in [2.05, 4.69) is 9.88 Å². The summed E-state index contributed by atoms with van der Waals surface area (Å²) in [4.78, 5) is 6.23. The van der Waals surface area contributed by atoms with E-state index in [0.29, 0.717) is 10.9 Å². The van der Waals surface area contributed by atoms with Crippen LogP contribution in [0.15, 0.2) is 12.3 Å². The molecule has 94 valence electrons. The van der Waals surface area contributed by atoms with Crippen molar-refractivity contribution < 1.29 is 9.84 Å². The molecular weight excluding hydrogens is 240 g/mol. The summed E-state index contributed by atoms with van der Waals surface area (Å²) in [6.45, 7) is 3.65. The molecule has 0 spiro atoms. The molecule has 0 saturated carbocycles. The maximum atomic E-state index is 9.72. The fourth-order valence-electron chi connectivity index (χ4n) is 2.12. The average molecular weight is 257 g/mol. The lowest BCUT2D eigenvalue weighted by molar-refractivity contribution is 0.0971. The van der Waals surface area contributed by atoms with Crippen LogP contribution in [-0.2, 0) is 0 Å². The van der Waals surface area contributed by atoms with Gasteiger partial charge in [0.25, 0.3) is 0 Å². The van der Waals surface area contributed by atoms with Crippen LogP contribution in [0.1, 0.15) is 13.3 Å². The molecule has 1 aromatic rings. The molecule has 1 N–H and O–H groups in total. The molecule has 1 aliphatic rings. The number of nitrogens with zero attached hydrogens (tertiary/aromatic N) is 2. The Bertz CT molecular complexity index is 400. The second-order valence-electron chi connectivity index (χ2n) is 4.46. The molecule has 0 aliphatic carbocycles. The van der Waals surface area contributed by atoms with Crippen molar-refractivity contribution in [3.8, 4) is 5.88 Å². The molecule has 5 heteroatoms. The Morgan fingerprint density at radius 3 is 3.00 bits per heavy atom. The molecule has 2 rings (SSSR count). The lowest BCUT2D eigenvalue weighted by atomic mass is 9.96. The van der Waals surface area contributed by atoms with Crippen LogP contribution in [0, 0.1) is 5.92 Å². The molecule has 0 aromatic carbocycles. The van der Waals surface area contributed by atoms with E-state index in [1.165, 1.54) is 0 Å². The lowest BCUT2D eigenvalue weighted by Crippen LogP contribution is -2.42. The van der Waals surface area contributed by atoms with E-state index in [0.717, 1.165) is 25.2 Å². The van der Waals surface area contributed by atoms with Crippen LogP contribution in [0.5, 0.6) is 5.88 Å². The van der Waals surface area contributed by atoms with Crippen molar-refractivity contribution in [1.29, 1.82) is 0 Å². The van der Waals surface area contributed by atoms with Crippen LogP contribution in [0.2, 0.25) is 5.02 Å². The summed E-state index contributed by atoms with van der Waals surface area (Å²) in [5.74, 6) is 0.808. The van der Waals surface area contributed by atoms with Gasteiger partial charge in [0.05, 0.1) is 30.1 Å². The average Bonchev–Trinajstić information content (AvgIpc) is 2.33. The number of hydrogen-bond acceptors (Lipinski definition) is 4. The third-order valence-electron chi connectivity index (χ3n) is 3.22. The van der Waals surface area contributed by atoms with Gasteiger partial charge in [0.15, 0.2) is 0 Å². The highest BCUT2D eigenvalue weighted by molar-refractivity contribution is 6.33. The van der Waals surface area contributed by atoms with E-state index in [1.807, 2.05) is 13.0 Å². The van der Waals surface area contributed by atoms with Crippen molar-refractivity contribution in [2.24, 2.45) is 5.92 Å². The summed E-state index contributed by atoms with van der Waals surface area (Å²) >= 11 is 6.15. The van der Waals surface area contributed by atoms with Crippen LogP contribution < -0.4 is 9.64 Å². The van der Waals surface area contributed by atoms with E-state index in [-0.39, 0.29) is 12.0 Å². The van der Waals surface area contributed by atoms with E-state index >= 15 is 0 Å². The first-order chi connectivity index (χ1) is 8.11. The summed E-state index contributed by atoms with van der Waals surface area (Å²) in [5.41, 5.74) is 0.928. The van der Waals surface area contributed by atoms with E-state index in [1.54, 1.807) is 13.3 Å². The Labute approximate surface area is 106 Å². The molecule has 2 heterocycles. The summed E-state index contributed by atoms with van der Waals surface area (Å²) in [6.07, 6.45) is 2.15. The van der Waals surface area contributed by atoms with Crippen LogP contribution >= 0.6 is 11.6 Å². The SMILES string of the molecule is COc1cc(N2CC[C@@H](O)[C@H](C)C2)c(Cl)cn1. The number of pyridine rings is 1. The Hall–Kier alpha value is -1.00. The Morgan fingerprint density at radius 2 is 2.35 bits per heavy atom. The molecule has 2 atom stereocenters. The highest BCUT2D eigenvalue weighted by atomic mass is 35.5. The predicted octanol–water partition coefficient (Wildman–Crippen LogP) is 1.95. The minimum absolute atomic E-state index is 0.214. The summed E-state index contributed by atoms with van der Waals surface area (Å²) in [7, 11) is 1.59. The van der Waals surface area contributed by atoms with Crippen molar-refractivity contribution >= 4 is 17.3 Å². The maximum absolute atomic E-state index is 9.72. The van der Waals surface area contributed by atoms with Crippen LogP contribution in [-0.4, -0.2) is 36.4 Å². The van der Waals surface area contributed by atoms with E-state index in [4.69, 9.17) is 16.3 Å². The summed E-state index contributed by atoms with van der Waals surface area (Å²) < 4.78 is 5.10. The van der Waals surface area contributed by atoms with Crippen molar-refractivity contribution in [2.75, 3.05) is 25.1 Å². The number of halogens is 1. The highest BCUT2D eigenvalue weighted by Crippen LogP contribution is 2.31. The van der Waals surface area contributed by atoms with E-state index in [9.17, 15) is 5.11 Å². The largest absolute Gasteiger partial charge is 0.481 e. The van der Waals surface area contributed by atoms with Crippen LogP contribution in [0.25, 0.3) is 0 Å². The van der Waals surface area contributed by atoms with Gasteiger partial charge in [-0.3, -0.25) is 0 Å². The highest BCUT2D eigenvalue weighted by Gasteiger charge is 2.25. The zero-order chi connectivity index (χ0) is 12.4. The second-order valence-corrected chi connectivity index (χ2v) is 4.86. The minimum Gasteiger partial charge on any atom is -0.481 e. The lowest BCUT2D eigenvalue weighted by Gasteiger charge is -2.36. The fourth-order valence-corrected chi connectivity index (χ4v) is 2.34. The molecule has 17 heavy (non-hydrogen) atoms. The third-order valence-corrected chi connectivity index (χ3v) is 3.51. The van der Waals surface area contributed by atoms with Gasteiger partial charge in [0, 0.05) is 19.2 Å². The van der Waals surface area contributed by atoms with Crippen LogP contribution in [0.4, 0.5) is 5.69 Å². The quantitative estimate of drug-likeness (QED) is 0.879. The molecule has 0 amide bonds. The molecular formula is C12H17ClN2O2. The topological polar surface area (TPSA) is 45.6 Å². The van der Waals surface area contributed by atoms with Gasteiger partial charge in [-0.05, 0) is 12.3 Å². The Balaban J connectivity index is 2.21. The normalized spacial score (nSPS) is 24.8. The predicted molar refractivity (Wildman–Crippen MR) is 67.8 cm³/mol. The third kappa shape index (κ3) is 2.64. The monoisotopic (exact) mass is 256 g/mol. The van der Waals surface area contributed by atoms with Crippen molar-refractivity contribution in [3.05, 3.63) is 17.3 Å². The van der Waals surface area contributed by atoms with Gasteiger partial charge >= 0.3 is 0 Å². The number of hydrogen-bond donors (Lipinski definition) is 1. The van der Waals surface area contributed by atoms with Crippen molar-refractivity contribution in [1.82, 2.24) is 4.98 Å². The first kappa shape index (κ1) is 12.5. The van der Waals surface area contributed by atoms with Gasteiger partial charge in [-0.1, -0.05) is 18.5 Å². The number of aliphatic hydroxyl groups is 1. The molecule has 1 aromatic heterocycles. The second kappa shape index (κ2) is 5.10. The summed E-state index contributed by atoms with van der Waals surface area (Å²) in [6, 6.07) is 1.84. The van der Waals surface area contributed by atoms with Gasteiger partial charge in [-0.15, -0.1) is 0 Å². The molecule has 1 aliphatic heterocycles. The van der Waals surface area contributed by atoms with Crippen molar-refractivity contribution in [3.63, 3.8) is 0 Å². The number of methoxy groups -OCH3 is 1. The number of aliphatic hydroxyl groups excluding tert-OH is 1. The number of aromatic nitrogens is 1. The summed E-state index contributed by atoms with van der Waals surface area (Å²) in [5, 5.41) is 10.3. The smallest absolute Gasteiger partial charge is 0.215 e. The molecule has 0 unspecified atom stereocenters. The number of piperidine rings is 1. The number of anilines is 1. The van der Waals surface area contributed by atoms with Gasteiger partial charge in [-0.25, -0.2) is 4.98 Å². The Kier molecular flexibility index (Phi) is 3.74. The first-order valence-corrected chi connectivity index (χ1v) is 6.12. The molecule has 1 fully saturated rings.